The van der Waals surface area contributed by atoms with Crippen LogP contribution in [0.15, 0.2) is 80.9 Å². The van der Waals surface area contributed by atoms with E-state index in [2.05, 4.69) is 0 Å². The van der Waals surface area contributed by atoms with Crippen LogP contribution in [0.25, 0.3) is 11.3 Å². The van der Waals surface area contributed by atoms with Gasteiger partial charge in [-0.2, -0.15) is 13.2 Å². The predicted molar refractivity (Wildman–Crippen MR) is 148 cm³/mol. The van der Waals surface area contributed by atoms with Crippen LogP contribution < -0.4 is 4.74 Å². The van der Waals surface area contributed by atoms with Gasteiger partial charge in [0.1, 0.15) is 28.9 Å². The smallest absolute Gasteiger partial charge is 0.416 e. The topological polar surface area (TPSA) is 59.7 Å². The number of aliphatic carboxylic acids is 1. The molecule has 0 aliphatic carbocycles. The summed E-state index contributed by atoms with van der Waals surface area (Å²) < 4.78 is 78.3. The zero-order chi connectivity index (χ0) is 29.7. The molecule has 41 heavy (non-hydrogen) atoms. The zero-order valence-electron chi connectivity index (χ0n) is 21.9. The Bertz CT molecular complexity index is 1520. The maximum Gasteiger partial charge on any atom is 0.416 e. The van der Waals surface area contributed by atoms with Gasteiger partial charge < -0.3 is 14.3 Å². The normalized spacial score (nSPS) is 12.4. The molecular formula is C30H25F5O4S2. The van der Waals surface area contributed by atoms with Crippen molar-refractivity contribution in [1.29, 1.82) is 0 Å². The minimum Gasteiger partial charge on any atom is -0.479 e. The van der Waals surface area contributed by atoms with Gasteiger partial charge in [-0.05, 0) is 67.4 Å². The molecule has 1 unspecified atom stereocenters. The van der Waals surface area contributed by atoms with Gasteiger partial charge in [-0.25, -0.2) is 13.6 Å². The van der Waals surface area contributed by atoms with E-state index < -0.39 is 35.4 Å². The molecule has 0 bridgehead atoms. The van der Waals surface area contributed by atoms with Crippen LogP contribution in [0.5, 0.6) is 5.75 Å². The molecule has 11 heteroatoms. The molecule has 1 heterocycles. The molecule has 4 aromatic rings. The first kappa shape index (κ1) is 30.5. The first-order valence-electron chi connectivity index (χ1n) is 12.4. The monoisotopic (exact) mass is 608 g/mol. The fourth-order valence-corrected chi connectivity index (χ4v) is 5.76. The summed E-state index contributed by atoms with van der Waals surface area (Å²) in [4.78, 5) is 12.4. The SMILES string of the molecule is CCC(Oc1ccc(SCc2cc(-c3ccc(C(F)(F)F)cc3)oc2CSc2ccc(F)cc2F)cc1C)C(=O)O. The molecule has 216 valence electrons. The molecule has 4 nitrogen and oxygen atoms in total. The van der Waals surface area contributed by atoms with Crippen molar-refractivity contribution in [3.63, 3.8) is 0 Å². The van der Waals surface area contributed by atoms with Crippen molar-refractivity contribution >= 4 is 29.5 Å². The second-order valence-electron chi connectivity index (χ2n) is 9.07. The standard InChI is InChI=1S/C30H25F5O4S2/c1-3-24(29(36)37)38-25-10-9-22(12-17(25)2)40-15-19-13-26(18-4-6-20(7-5-18)30(33,34)35)39-27(19)16-41-28-11-8-21(31)14-23(28)32/h4-14,24H,3,15-16H2,1-2H3,(H,36,37). The molecule has 1 aromatic heterocycles. The Hall–Kier alpha value is -3.44. The average Bonchev–Trinajstić information content (AvgIpc) is 3.33. The van der Waals surface area contributed by atoms with E-state index in [-0.39, 0.29) is 10.6 Å². The number of carbonyl (C=O) groups is 1. The van der Waals surface area contributed by atoms with Crippen LogP contribution in [0.1, 0.15) is 35.8 Å². The highest BCUT2D eigenvalue weighted by atomic mass is 32.2. The van der Waals surface area contributed by atoms with Crippen LogP contribution >= 0.6 is 23.5 Å². The van der Waals surface area contributed by atoms with Gasteiger partial charge in [-0.1, -0.05) is 19.1 Å². The number of aryl methyl sites for hydroxylation is 1. The largest absolute Gasteiger partial charge is 0.479 e. The number of benzene rings is 3. The lowest BCUT2D eigenvalue weighted by Crippen LogP contribution is -2.26. The van der Waals surface area contributed by atoms with Gasteiger partial charge in [0.2, 0.25) is 0 Å². The Labute approximate surface area is 241 Å². The summed E-state index contributed by atoms with van der Waals surface area (Å²) in [6.07, 6.45) is -5.10. The van der Waals surface area contributed by atoms with Crippen molar-refractivity contribution in [2.24, 2.45) is 0 Å². The Balaban J connectivity index is 1.56. The van der Waals surface area contributed by atoms with E-state index >= 15 is 0 Å². The number of ether oxygens (including phenoxy) is 1. The van der Waals surface area contributed by atoms with E-state index in [0.29, 0.717) is 35.0 Å². The summed E-state index contributed by atoms with van der Waals surface area (Å²) in [5.74, 6) is -0.460. The Morgan fingerprint density at radius 2 is 1.71 bits per heavy atom. The van der Waals surface area contributed by atoms with Gasteiger partial charge >= 0.3 is 12.1 Å². The highest BCUT2D eigenvalue weighted by molar-refractivity contribution is 7.99. The quantitative estimate of drug-likeness (QED) is 0.135. The first-order valence-corrected chi connectivity index (χ1v) is 14.4. The lowest BCUT2D eigenvalue weighted by Gasteiger charge is -2.15. The number of alkyl halides is 3. The van der Waals surface area contributed by atoms with Gasteiger partial charge in [0.25, 0.3) is 0 Å². The van der Waals surface area contributed by atoms with Crippen LogP contribution in [0.3, 0.4) is 0 Å². The number of carboxylic acid groups (broad SMARTS) is 1. The zero-order valence-corrected chi connectivity index (χ0v) is 23.6. The summed E-state index contributed by atoms with van der Waals surface area (Å²) in [5, 5.41) is 9.27. The van der Waals surface area contributed by atoms with Crippen molar-refractivity contribution in [2.75, 3.05) is 0 Å². The third kappa shape index (κ3) is 7.85. The predicted octanol–water partition coefficient (Wildman–Crippen LogP) is 9.38. The molecule has 1 atom stereocenters. The van der Waals surface area contributed by atoms with E-state index in [1.165, 1.54) is 30.0 Å². The fraction of sp³-hybridized carbons (Fsp3) is 0.233. The summed E-state index contributed by atoms with van der Waals surface area (Å²) in [5.41, 5.74) is 1.20. The van der Waals surface area contributed by atoms with Crippen LogP contribution in [0, 0.1) is 18.6 Å². The second kappa shape index (κ2) is 13.0. The number of hydrogen-bond donors (Lipinski definition) is 1. The Kier molecular flexibility index (Phi) is 9.70. The molecule has 3 aromatic carbocycles. The van der Waals surface area contributed by atoms with Crippen molar-refractivity contribution in [3.05, 3.63) is 101 Å². The van der Waals surface area contributed by atoms with E-state index in [1.54, 1.807) is 25.1 Å². The molecule has 0 aliphatic heterocycles. The van der Waals surface area contributed by atoms with Crippen LogP contribution in [-0.2, 0) is 22.5 Å². The van der Waals surface area contributed by atoms with Gasteiger partial charge in [0, 0.05) is 32.7 Å². The molecule has 4 rings (SSSR count). The molecule has 0 aliphatic rings. The Morgan fingerprint density at radius 3 is 2.32 bits per heavy atom. The molecule has 0 fully saturated rings. The summed E-state index contributed by atoms with van der Waals surface area (Å²) >= 11 is 2.58. The summed E-state index contributed by atoms with van der Waals surface area (Å²) in [6, 6.07) is 15.0. The van der Waals surface area contributed by atoms with Gasteiger partial charge in [0.15, 0.2) is 6.10 Å². The van der Waals surface area contributed by atoms with E-state index in [0.717, 1.165) is 52.0 Å². The van der Waals surface area contributed by atoms with Crippen molar-refractivity contribution in [3.8, 4) is 17.1 Å². The fourth-order valence-electron chi connectivity index (χ4n) is 3.88. The molecule has 0 amide bonds. The van der Waals surface area contributed by atoms with Gasteiger partial charge in [-0.15, -0.1) is 23.5 Å². The van der Waals surface area contributed by atoms with Crippen LogP contribution in [-0.4, -0.2) is 17.2 Å². The number of furan rings is 1. The van der Waals surface area contributed by atoms with E-state index in [1.807, 2.05) is 13.0 Å². The van der Waals surface area contributed by atoms with Gasteiger partial charge in [-0.3, -0.25) is 0 Å². The average molecular weight is 609 g/mol. The summed E-state index contributed by atoms with van der Waals surface area (Å²) in [6.45, 7) is 3.54. The molecule has 0 spiro atoms. The lowest BCUT2D eigenvalue weighted by atomic mass is 10.1. The van der Waals surface area contributed by atoms with Crippen molar-refractivity contribution in [2.45, 2.75) is 53.8 Å². The minimum atomic E-state index is -4.46. The second-order valence-corrected chi connectivity index (χ2v) is 11.1. The number of halogens is 5. The molecule has 0 saturated carbocycles. The highest BCUT2D eigenvalue weighted by Gasteiger charge is 2.30. The van der Waals surface area contributed by atoms with Crippen molar-refractivity contribution < 1.29 is 41.0 Å². The minimum absolute atomic E-state index is 0.207. The van der Waals surface area contributed by atoms with Crippen LogP contribution in [0.4, 0.5) is 22.0 Å². The van der Waals surface area contributed by atoms with E-state index in [4.69, 9.17) is 9.15 Å². The number of thioether (sulfide) groups is 2. The maximum absolute atomic E-state index is 14.2. The van der Waals surface area contributed by atoms with Crippen molar-refractivity contribution in [1.82, 2.24) is 0 Å². The lowest BCUT2D eigenvalue weighted by molar-refractivity contribution is -0.145. The third-order valence-electron chi connectivity index (χ3n) is 6.10. The molecular weight excluding hydrogens is 583 g/mol. The number of rotatable bonds is 11. The molecule has 1 N–H and O–H groups in total. The summed E-state index contributed by atoms with van der Waals surface area (Å²) in [7, 11) is 0. The molecule has 0 saturated heterocycles. The van der Waals surface area contributed by atoms with Crippen LogP contribution in [0.2, 0.25) is 0 Å². The highest BCUT2D eigenvalue weighted by Crippen LogP contribution is 2.37. The van der Waals surface area contributed by atoms with Gasteiger partial charge in [0.05, 0.1) is 11.3 Å². The number of carboxylic acids is 1. The number of hydrogen-bond acceptors (Lipinski definition) is 5. The molecule has 0 radical (unpaired) electrons. The maximum atomic E-state index is 14.2. The third-order valence-corrected chi connectivity index (χ3v) is 8.19. The van der Waals surface area contributed by atoms with E-state index in [9.17, 15) is 31.9 Å². The first-order chi connectivity index (χ1) is 19.4. The Morgan fingerprint density at radius 1 is 0.976 bits per heavy atom.